The number of esters is 2. The number of nitrogens with zero attached hydrogens (tertiary/aromatic N) is 2. The van der Waals surface area contributed by atoms with Crippen molar-refractivity contribution in [3.8, 4) is 12.1 Å². The van der Waals surface area contributed by atoms with Crippen LogP contribution in [0.1, 0.15) is 27.7 Å². The van der Waals surface area contributed by atoms with E-state index in [-0.39, 0.29) is 18.7 Å². The first-order valence-corrected chi connectivity index (χ1v) is 7.65. The van der Waals surface area contributed by atoms with E-state index in [1.54, 1.807) is 32.9 Å². The number of carbonyl (C=O) groups is 2. The normalized spacial score (nSPS) is 13.8. The van der Waals surface area contributed by atoms with Crippen molar-refractivity contribution in [3.05, 3.63) is 11.8 Å². The summed E-state index contributed by atoms with van der Waals surface area (Å²) < 4.78 is 9.69. The van der Waals surface area contributed by atoms with Crippen LogP contribution in [0.25, 0.3) is 0 Å². The molecule has 25 heavy (non-hydrogen) atoms. The SMILES string of the molecule is CCOC(=O)C(C)(/C(C=N)=C/NCC(C)(C)C(=O)OC)C(C#N)C#N. The van der Waals surface area contributed by atoms with Crippen LogP contribution in [0.4, 0.5) is 0 Å². The van der Waals surface area contributed by atoms with E-state index in [1.807, 2.05) is 0 Å². The molecule has 0 aliphatic rings. The molecule has 8 heteroatoms. The fourth-order valence-electron chi connectivity index (χ4n) is 2.08. The topological polar surface area (TPSA) is 136 Å². The van der Waals surface area contributed by atoms with Gasteiger partial charge < -0.3 is 20.2 Å². The lowest BCUT2D eigenvalue weighted by atomic mass is 9.73. The maximum atomic E-state index is 12.4. The molecule has 0 aliphatic carbocycles. The average Bonchev–Trinajstić information content (AvgIpc) is 2.58. The Hall–Kier alpha value is -2.87. The van der Waals surface area contributed by atoms with Crippen molar-refractivity contribution in [1.82, 2.24) is 5.32 Å². The Morgan fingerprint density at radius 2 is 1.80 bits per heavy atom. The Morgan fingerprint density at radius 3 is 2.20 bits per heavy atom. The molecule has 0 amide bonds. The molecule has 2 N–H and O–H groups in total. The molecule has 0 aromatic heterocycles. The lowest BCUT2D eigenvalue weighted by Crippen LogP contribution is -2.40. The predicted octanol–water partition coefficient (Wildman–Crippen LogP) is 1.54. The maximum Gasteiger partial charge on any atom is 0.318 e. The van der Waals surface area contributed by atoms with E-state index in [0.29, 0.717) is 0 Å². The monoisotopic (exact) mass is 348 g/mol. The highest BCUT2D eigenvalue weighted by Gasteiger charge is 2.46. The number of nitriles is 2. The van der Waals surface area contributed by atoms with Crippen molar-refractivity contribution < 1.29 is 19.1 Å². The molecule has 0 aliphatic heterocycles. The predicted molar refractivity (Wildman–Crippen MR) is 90.1 cm³/mol. The zero-order valence-corrected chi connectivity index (χ0v) is 15.2. The van der Waals surface area contributed by atoms with Crippen LogP contribution in [-0.2, 0) is 19.1 Å². The van der Waals surface area contributed by atoms with Gasteiger partial charge in [0.1, 0.15) is 5.41 Å². The van der Waals surface area contributed by atoms with E-state index in [1.165, 1.54) is 20.2 Å². The first-order chi connectivity index (χ1) is 11.6. The minimum Gasteiger partial charge on any atom is -0.469 e. The van der Waals surface area contributed by atoms with Gasteiger partial charge in [-0.2, -0.15) is 10.5 Å². The average molecular weight is 348 g/mol. The van der Waals surface area contributed by atoms with Crippen LogP contribution in [0.2, 0.25) is 0 Å². The molecule has 1 atom stereocenters. The highest BCUT2D eigenvalue weighted by atomic mass is 16.5. The zero-order valence-electron chi connectivity index (χ0n) is 15.2. The Bertz CT molecular complexity index is 614. The minimum atomic E-state index is -1.64. The van der Waals surface area contributed by atoms with Crippen molar-refractivity contribution in [1.29, 1.82) is 15.9 Å². The second-order valence-corrected chi connectivity index (χ2v) is 6.11. The number of ether oxygens (including phenoxy) is 2. The number of carbonyl (C=O) groups excluding carboxylic acids is 2. The van der Waals surface area contributed by atoms with E-state index in [9.17, 15) is 20.1 Å². The molecule has 8 nitrogen and oxygen atoms in total. The fraction of sp³-hybridized carbons (Fsp3) is 0.588. The molecule has 0 rings (SSSR count). The molecule has 0 saturated carbocycles. The summed E-state index contributed by atoms with van der Waals surface area (Å²) in [5.74, 6) is -2.54. The lowest BCUT2D eigenvalue weighted by Gasteiger charge is -2.29. The number of methoxy groups -OCH3 is 1. The second kappa shape index (κ2) is 9.43. The summed E-state index contributed by atoms with van der Waals surface area (Å²) in [6, 6.07) is 3.54. The van der Waals surface area contributed by atoms with Crippen LogP contribution in [0, 0.1) is 44.8 Å². The molecule has 0 fully saturated rings. The van der Waals surface area contributed by atoms with Gasteiger partial charge in [-0.05, 0) is 27.7 Å². The minimum absolute atomic E-state index is 0.0755. The van der Waals surface area contributed by atoms with Gasteiger partial charge in [-0.1, -0.05) is 0 Å². The molecule has 0 spiro atoms. The van der Waals surface area contributed by atoms with E-state index in [0.717, 1.165) is 6.21 Å². The second-order valence-electron chi connectivity index (χ2n) is 6.11. The Labute approximate surface area is 147 Å². The summed E-state index contributed by atoms with van der Waals surface area (Å²) >= 11 is 0. The maximum absolute atomic E-state index is 12.4. The van der Waals surface area contributed by atoms with E-state index < -0.39 is 28.7 Å². The van der Waals surface area contributed by atoms with E-state index >= 15 is 0 Å². The number of nitrogens with one attached hydrogen (secondary N) is 2. The molecule has 0 heterocycles. The quantitative estimate of drug-likeness (QED) is 0.476. The first kappa shape index (κ1) is 22.1. The number of rotatable bonds is 9. The van der Waals surface area contributed by atoms with Gasteiger partial charge in [0.05, 0.1) is 31.3 Å². The summed E-state index contributed by atoms with van der Waals surface area (Å²) in [6.07, 6.45) is 2.23. The molecule has 1 unspecified atom stereocenters. The molecule has 0 saturated heterocycles. The standard InChI is InChI=1S/C17H24N4O4/c1-6-25-15(23)17(4,12(7-18)8-19)13(9-20)10-21-11-16(2,3)14(22)24-5/h9-10,12,20-21H,6,11H2,1-5H3/b13-10+,20-9?. The molecular formula is C17H24N4O4. The van der Waals surface area contributed by atoms with Crippen LogP contribution >= 0.6 is 0 Å². The van der Waals surface area contributed by atoms with Crippen molar-refractivity contribution in [2.24, 2.45) is 16.7 Å². The van der Waals surface area contributed by atoms with Crippen LogP contribution in [0.5, 0.6) is 0 Å². The van der Waals surface area contributed by atoms with Gasteiger partial charge in [-0.25, -0.2) is 0 Å². The summed E-state index contributed by atoms with van der Waals surface area (Å²) in [5, 5.41) is 28.9. The molecule has 0 aromatic rings. The first-order valence-electron chi connectivity index (χ1n) is 7.65. The van der Waals surface area contributed by atoms with Gasteiger partial charge in [0.15, 0.2) is 5.92 Å². The van der Waals surface area contributed by atoms with Crippen LogP contribution in [-0.4, -0.2) is 38.4 Å². The molecular weight excluding hydrogens is 324 g/mol. The Morgan fingerprint density at radius 1 is 1.24 bits per heavy atom. The van der Waals surface area contributed by atoms with Gasteiger partial charge in [-0.3, -0.25) is 9.59 Å². The third kappa shape index (κ3) is 5.05. The summed E-state index contributed by atoms with van der Waals surface area (Å²) in [5.41, 5.74) is -2.38. The van der Waals surface area contributed by atoms with Gasteiger partial charge in [0.2, 0.25) is 0 Å². The van der Waals surface area contributed by atoms with Gasteiger partial charge in [-0.15, -0.1) is 0 Å². The largest absolute Gasteiger partial charge is 0.469 e. The Kier molecular flexibility index (Phi) is 8.35. The van der Waals surface area contributed by atoms with Crippen molar-refractivity contribution >= 4 is 18.2 Å². The van der Waals surface area contributed by atoms with Crippen LogP contribution in [0.15, 0.2) is 11.8 Å². The summed E-state index contributed by atoms with van der Waals surface area (Å²) in [7, 11) is 1.28. The van der Waals surface area contributed by atoms with Crippen LogP contribution < -0.4 is 5.32 Å². The van der Waals surface area contributed by atoms with E-state index in [4.69, 9.17) is 14.9 Å². The fourth-order valence-corrected chi connectivity index (χ4v) is 2.08. The number of hydrogen-bond acceptors (Lipinski definition) is 8. The van der Waals surface area contributed by atoms with E-state index in [2.05, 4.69) is 5.32 Å². The van der Waals surface area contributed by atoms with Crippen molar-refractivity contribution in [2.45, 2.75) is 27.7 Å². The van der Waals surface area contributed by atoms with Crippen molar-refractivity contribution in [3.63, 3.8) is 0 Å². The van der Waals surface area contributed by atoms with Crippen LogP contribution in [0.3, 0.4) is 0 Å². The summed E-state index contributed by atoms with van der Waals surface area (Å²) in [4.78, 5) is 24.1. The third-order valence-electron chi connectivity index (χ3n) is 3.83. The Balaban J connectivity index is 5.71. The van der Waals surface area contributed by atoms with Gasteiger partial charge >= 0.3 is 11.9 Å². The van der Waals surface area contributed by atoms with Gasteiger partial charge in [0, 0.05) is 24.5 Å². The zero-order chi connectivity index (χ0) is 19.7. The lowest BCUT2D eigenvalue weighted by molar-refractivity contribution is -0.153. The number of hydrogen-bond donors (Lipinski definition) is 2. The highest BCUT2D eigenvalue weighted by molar-refractivity contribution is 5.92. The molecule has 0 radical (unpaired) electrons. The molecule has 0 bridgehead atoms. The summed E-state index contributed by atoms with van der Waals surface area (Å²) in [6.45, 7) is 6.57. The highest BCUT2D eigenvalue weighted by Crippen LogP contribution is 2.35. The molecule has 136 valence electrons. The van der Waals surface area contributed by atoms with Gasteiger partial charge in [0.25, 0.3) is 0 Å². The third-order valence-corrected chi connectivity index (χ3v) is 3.83. The molecule has 0 aromatic carbocycles. The smallest absolute Gasteiger partial charge is 0.318 e. The van der Waals surface area contributed by atoms with Crippen molar-refractivity contribution in [2.75, 3.05) is 20.3 Å².